The molecule has 1 fully saturated rings. The zero-order valence-corrected chi connectivity index (χ0v) is 14.1. The number of halogens is 1. The van der Waals surface area contributed by atoms with Crippen LogP contribution in [0.5, 0.6) is 0 Å². The number of para-hydroxylation sites is 1. The van der Waals surface area contributed by atoms with Gasteiger partial charge in [-0.1, -0.05) is 12.1 Å². The van der Waals surface area contributed by atoms with Gasteiger partial charge in [0.15, 0.2) is 0 Å². The minimum Gasteiger partial charge on any atom is -0.341 e. The zero-order chi connectivity index (χ0) is 14.9. The van der Waals surface area contributed by atoms with Crippen molar-refractivity contribution in [2.45, 2.75) is 23.8 Å². The lowest BCUT2D eigenvalue weighted by molar-refractivity contribution is 0.219. The molecule has 2 aliphatic heterocycles. The summed E-state index contributed by atoms with van der Waals surface area (Å²) in [5.41, 5.74) is 0.615. The molecule has 1 unspecified atom stereocenters. The Labute approximate surface area is 137 Å². The normalized spacial score (nSPS) is 23.7. The van der Waals surface area contributed by atoms with E-state index in [-0.39, 0.29) is 17.3 Å². The number of amidine groups is 1. The van der Waals surface area contributed by atoms with E-state index in [4.69, 9.17) is 0 Å². The highest BCUT2D eigenvalue weighted by atomic mass is 35.5. The molecule has 3 rings (SSSR count). The molecular formula is C14H21ClN4O2S. The van der Waals surface area contributed by atoms with Gasteiger partial charge in [-0.2, -0.15) is 8.42 Å². The third kappa shape index (κ3) is 3.60. The summed E-state index contributed by atoms with van der Waals surface area (Å²) in [4.78, 5) is 2.49. The number of hydrogen-bond acceptors (Lipinski definition) is 5. The topological polar surface area (TPSA) is 73.8 Å². The number of nitrogens with one attached hydrogen (secondary N) is 2. The van der Waals surface area contributed by atoms with Gasteiger partial charge < -0.3 is 10.6 Å². The van der Waals surface area contributed by atoms with Crippen molar-refractivity contribution < 1.29 is 8.42 Å². The lowest BCUT2D eigenvalue weighted by atomic mass is 10.1. The van der Waals surface area contributed by atoms with Gasteiger partial charge in [0.2, 0.25) is 0 Å². The van der Waals surface area contributed by atoms with Crippen LogP contribution in [0.4, 0.5) is 5.69 Å². The first-order chi connectivity index (χ1) is 10.1. The first-order valence-corrected chi connectivity index (χ1v) is 8.62. The van der Waals surface area contributed by atoms with Crippen molar-refractivity contribution in [2.75, 3.05) is 32.0 Å². The standard InChI is InChI=1S/C14H20N4O2S.ClH/c1-15-11-5-4-8-18(9-11)10-14-16-12-6-2-3-7-13(12)21(19,20)17-14;/h2-3,6-7,11,15H,4-5,8-10H2,1H3,(H,16,17);1H. The molecular weight excluding hydrogens is 324 g/mol. The summed E-state index contributed by atoms with van der Waals surface area (Å²) in [6, 6.07) is 7.35. The van der Waals surface area contributed by atoms with Crippen LogP contribution in [0.1, 0.15) is 12.8 Å². The van der Waals surface area contributed by atoms with Crippen molar-refractivity contribution in [3.8, 4) is 0 Å². The van der Waals surface area contributed by atoms with E-state index in [1.807, 2.05) is 13.1 Å². The molecule has 1 aromatic carbocycles. The number of piperidine rings is 1. The van der Waals surface area contributed by atoms with Crippen molar-refractivity contribution in [2.24, 2.45) is 4.40 Å². The van der Waals surface area contributed by atoms with E-state index < -0.39 is 10.0 Å². The molecule has 1 atom stereocenters. The highest BCUT2D eigenvalue weighted by molar-refractivity contribution is 7.90. The number of anilines is 1. The van der Waals surface area contributed by atoms with Crippen LogP contribution < -0.4 is 10.6 Å². The first-order valence-electron chi connectivity index (χ1n) is 7.18. The average molecular weight is 345 g/mol. The predicted molar refractivity (Wildman–Crippen MR) is 90.5 cm³/mol. The molecule has 0 spiro atoms. The van der Waals surface area contributed by atoms with Crippen LogP contribution in [0.15, 0.2) is 33.6 Å². The minimum absolute atomic E-state index is 0. The maximum Gasteiger partial charge on any atom is 0.286 e. The molecule has 6 nitrogen and oxygen atoms in total. The fraction of sp³-hybridized carbons (Fsp3) is 0.500. The zero-order valence-electron chi connectivity index (χ0n) is 12.4. The third-order valence-corrected chi connectivity index (χ3v) is 5.33. The van der Waals surface area contributed by atoms with E-state index in [9.17, 15) is 8.42 Å². The number of likely N-dealkylation sites (N-methyl/N-ethyl adjacent to an activating group) is 1. The molecule has 0 radical (unpaired) electrons. The molecule has 2 N–H and O–H groups in total. The Hall–Kier alpha value is -1.15. The van der Waals surface area contributed by atoms with Crippen molar-refractivity contribution >= 4 is 34.0 Å². The smallest absolute Gasteiger partial charge is 0.286 e. The molecule has 1 saturated heterocycles. The second kappa shape index (κ2) is 6.95. The summed E-state index contributed by atoms with van der Waals surface area (Å²) >= 11 is 0. The molecule has 0 saturated carbocycles. The van der Waals surface area contributed by atoms with Gasteiger partial charge in [-0.05, 0) is 38.6 Å². The SMILES string of the molecule is CNC1CCCN(CC2=NS(=O)(=O)c3ccccc3N2)C1.Cl. The van der Waals surface area contributed by atoms with Crippen LogP contribution in [-0.2, 0) is 10.0 Å². The van der Waals surface area contributed by atoms with E-state index >= 15 is 0 Å². The van der Waals surface area contributed by atoms with Crippen LogP contribution in [0.3, 0.4) is 0 Å². The molecule has 0 aromatic heterocycles. The maximum absolute atomic E-state index is 12.2. The quantitative estimate of drug-likeness (QED) is 0.864. The van der Waals surface area contributed by atoms with E-state index in [0.717, 1.165) is 25.9 Å². The van der Waals surface area contributed by atoms with Gasteiger partial charge in [-0.25, -0.2) is 0 Å². The monoisotopic (exact) mass is 344 g/mol. The molecule has 2 aliphatic rings. The number of hydrogen-bond donors (Lipinski definition) is 2. The van der Waals surface area contributed by atoms with Gasteiger partial charge in [0, 0.05) is 12.6 Å². The Kier molecular flexibility index (Phi) is 5.44. The number of sulfonamides is 1. The highest BCUT2D eigenvalue weighted by Gasteiger charge is 2.26. The third-order valence-electron chi connectivity index (χ3n) is 3.96. The van der Waals surface area contributed by atoms with Gasteiger partial charge in [0.1, 0.15) is 10.7 Å². The Morgan fingerprint density at radius 1 is 1.41 bits per heavy atom. The number of rotatable bonds is 3. The lowest BCUT2D eigenvalue weighted by Gasteiger charge is -2.33. The highest BCUT2D eigenvalue weighted by Crippen LogP contribution is 2.26. The van der Waals surface area contributed by atoms with Crippen LogP contribution in [0.2, 0.25) is 0 Å². The second-order valence-corrected chi connectivity index (χ2v) is 7.07. The maximum atomic E-state index is 12.2. The van der Waals surface area contributed by atoms with E-state index in [1.165, 1.54) is 0 Å². The van der Waals surface area contributed by atoms with E-state index in [2.05, 4.69) is 19.9 Å². The molecule has 2 heterocycles. The largest absolute Gasteiger partial charge is 0.341 e. The van der Waals surface area contributed by atoms with Gasteiger partial charge >= 0.3 is 0 Å². The Balaban J connectivity index is 0.00000176. The van der Waals surface area contributed by atoms with E-state index in [1.54, 1.807) is 18.2 Å². The number of benzene rings is 1. The molecule has 22 heavy (non-hydrogen) atoms. The molecule has 0 aliphatic carbocycles. The Morgan fingerprint density at radius 2 is 2.18 bits per heavy atom. The number of fused-ring (bicyclic) bond motifs is 1. The molecule has 0 bridgehead atoms. The summed E-state index contributed by atoms with van der Waals surface area (Å²) < 4.78 is 28.3. The summed E-state index contributed by atoms with van der Waals surface area (Å²) in [6.07, 6.45) is 2.27. The van der Waals surface area contributed by atoms with Crippen molar-refractivity contribution in [1.82, 2.24) is 10.2 Å². The number of likely N-dealkylation sites (tertiary alicyclic amines) is 1. The van der Waals surface area contributed by atoms with Crippen LogP contribution in [-0.4, -0.2) is 51.9 Å². The Bertz CT molecular complexity index is 663. The van der Waals surface area contributed by atoms with Gasteiger partial charge in [0.25, 0.3) is 10.0 Å². The lowest BCUT2D eigenvalue weighted by Crippen LogP contribution is -2.47. The van der Waals surface area contributed by atoms with Crippen molar-refractivity contribution in [3.05, 3.63) is 24.3 Å². The summed E-state index contributed by atoms with van der Waals surface area (Å²) in [5.74, 6) is 0.505. The summed E-state index contributed by atoms with van der Waals surface area (Å²) in [7, 11) is -1.61. The van der Waals surface area contributed by atoms with Crippen LogP contribution in [0.25, 0.3) is 0 Å². The molecule has 1 aromatic rings. The van der Waals surface area contributed by atoms with Crippen molar-refractivity contribution in [3.63, 3.8) is 0 Å². The predicted octanol–water partition coefficient (Wildman–Crippen LogP) is 1.30. The number of nitrogens with zero attached hydrogens (tertiary/aromatic N) is 2. The average Bonchev–Trinajstić information content (AvgIpc) is 2.47. The Morgan fingerprint density at radius 3 is 2.95 bits per heavy atom. The molecule has 8 heteroatoms. The van der Waals surface area contributed by atoms with E-state index in [0.29, 0.717) is 24.1 Å². The van der Waals surface area contributed by atoms with Crippen LogP contribution in [0, 0.1) is 0 Å². The first kappa shape index (κ1) is 17.2. The molecule has 122 valence electrons. The van der Waals surface area contributed by atoms with Crippen LogP contribution >= 0.6 is 12.4 Å². The summed E-state index contributed by atoms with van der Waals surface area (Å²) in [6.45, 7) is 2.42. The van der Waals surface area contributed by atoms with Crippen molar-refractivity contribution in [1.29, 1.82) is 0 Å². The fourth-order valence-electron chi connectivity index (χ4n) is 2.88. The minimum atomic E-state index is -3.58. The second-order valence-electron chi connectivity index (χ2n) is 5.50. The van der Waals surface area contributed by atoms with Gasteiger partial charge in [0.05, 0.1) is 12.2 Å². The summed E-state index contributed by atoms with van der Waals surface area (Å²) in [5, 5.41) is 6.42. The van der Waals surface area contributed by atoms with Gasteiger partial charge in [-0.3, -0.25) is 4.90 Å². The van der Waals surface area contributed by atoms with Gasteiger partial charge in [-0.15, -0.1) is 16.8 Å². The molecule has 0 amide bonds. The fourth-order valence-corrected chi connectivity index (χ4v) is 4.02.